The number of thioether (sulfide) groups is 1. The molecule has 0 bridgehead atoms. The summed E-state index contributed by atoms with van der Waals surface area (Å²) in [6.45, 7) is -0.397. The highest BCUT2D eigenvalue weighted by Gasteiger charge is 2.44. The molecule has 1 fully saturated rings. The van der Waals surface area contributed by atoms with Crippen LogP contribution in [-0.4, -0.2) is 71.5 Å². The van der Waals surface area contributed by atoms with Crippen molar-refractivity contribution in [3.8, 4) is 0 Å². The van der Waals surface area contributed by atoms with Crippen molar-refractivity contribution in [2.24, 2.45) is 0 Å². The zero-order valence-electron chi connectivity index (χ0n) is 10.5. The fourth-order valence-electron chi connectivity index (χ4n) is 2.07. The number of aromatic nitrogens is 5. The standard InChI is InChI=1S/C10H13N5O4S/c1-20-9-5-8(11-3-12-9)14-15(13-5)10-7(18)6(17)4(2-16)19-10/h3-4,6-7,10,16-18H,2H2,1H3. The van der Waals surface area contributed by atoms with E-state index in [0.29, 0.717) is 16.2 Å². The first-order valence-corrected chi connectivity index (χ1v) is 7.12. The molecule has 9 nitrogen and oxygen atoms in total. The smallest absolute Gasteiger partial charge is 0.206 e. The van der Waals surface area contributed by atoms with Gasteiger partial charge in [0.05, 0.1) is 6.61 Å². The van der Waals surface area contributed by atoms with Gasteiger partial charge in [-0.3, -0.25) is 0 Å². The Morgan fingerprint density at radius 3 is 2.75 bits per heavy atom. The predicted octanol–water partition coefficient (Wildman–Crippen LogP) is -1.45. The Bertz CT molecular complexity index is 623. The van der Waals surface area contributed by atoms with Crippen LogP contribution in [0.4, 0.5) is 0 Å². The summed E-state index contributed by atoms with van der Waals surface area (Å²) in [5.74, 6) is 0. The van der Waals surface area contributed by atoms with Crippen molar-refractivity contribution in [3.63, 3.8) is 0 Å². The molecule has 1 aliphatic heterocycles. The number of rotatable bonds is 3. The molecule has 0 saturated carbocycles. The van der Waals surface area contributed by atoms with E-state index < -0.39 is 31.1 Å². The Kier molecular flexibility index (Phi) is 3.56. The van der Waals surface area contributed by atoms with Crippen molar-refractivity contribution in [1.82, 2.24) is 25.0 Å². The molecule has 3 heterocycles. The van der Waals surface area contributed by atoms with Gasteiger partial charge in [-0.2, -0.15) is 0 Å². The molecule has 2 aromatic heterocycles. The fraction of sp³-hybridized carbons (Fsp3) is 0.600. The number of hydrogen-bond donors (Lipinski definition) is 3. The quantitative estimate of drug-likeness (QED) is 0.461. The van der Waals surface area contributed by atoms with Gasteiger partial charge in [0, 0.05) is 0 Å². The largest absolute Gasteiger partial charge is 0.394 e. The minimum absolute atomic E-state index is 0.377. The molecule has 1 aliphatic rings. The van der Waals surface area contributed by atoms with Crippen molar-refractivity contribution < 1.29 is 20.1 Å². The molecule has 108 valence electrons. The Morgan fingerprint density at radius 2 is 2.10 bits per heavy atom. The molecular weight excluding hydrogens is 286 g/mol. The topological polar surface area (TPSA) is 126 Å². The fourth-order valence-corrected chi connectivity index (χ4v) is 2.55. The monoisotopic (exact) mass is 299 g/mol. The maximum Gasteiger partial charge on any atom is 0.206 e. The third kappa shape index (κ3) is 2.05. The zero-order chi connectivity index (χ0) is 14.3. The molecule has 10 heteroatoms. The van der Waals surface area contributed by atoms with Crippen LogP contribution in [0.5, 0.6) is 0 Å². The molecular formula is C10H13N5O4S. The molecule has 4 atom stereocenters. The SMILES string of the molecule is CSc1ncnc2nn(C3OC(CO)C(O)C3O)nc12. The highest BCUT2D eigenvalue weighted by Crippen LogP contribution is 2.29. The van der Waals surface area contributed by atoms with Crippen LogP contribution in [0.25, 0.3) is 11.2 Å². The van der Waals surface area contributed by atoms with Crippen molar-refractivity contribution >= 4 is 22.9 Å². The summed E-state index contributed by atoms with van der Waals surface area (Å²) < 4.78 is 5.36. The number of ether oxygens (including phenoxy) is 1. The molecule has 3 rings (SSSR count). The van der Waals surface area contributed by atoms with E-state index >= 15 is 0 Å². The minimum Gasteiger partial charge on any atom is -0.394 e. The lowest BCUT2D eigenvalue weighted by Crippen LogP contribution is -2.33. The molecule has 0 spiro atoms. The van der Waals surface area contributed by atoms with E-state index in [4.69, 9.17) is 9.84 Å². The van der Waals surface area contributed by atoms with Gasteiger partial charge in [-0.05, 0) is 6.26 Å². The normalized spacial score (nSPS) is 30.2. The number of fused-ring (bicyclic) bond motifs is 1. The average Bonchev–Trinajstić information content (AvgIpc) is 3.01. The highest BCUT2D eigenvalue weighted by molar-refractivity contribution is 7.98. The van der Waals surface area contributed by atoms with Gasteiger partial charge >= 0.3 is 0 Å². The van der Waals surface area contributed by atoms with Crippen molar-refractivity contribution in [1.29, 1.82) is 0 Å². The lowest BCUT2D eigenvalue weighted by Gasteiger charge is -2.12. The van der Waals surface area contributed by atoms with E-state index in [1.807, 2.05) is 6.26 Å². The second-order valence-electron chi connectivity index (χ2n) is 4.30. The van der Waals surface area contributed by atoms with Crippen molar-refractivity contribution in [2.75, 3.05) is 12.9 Å². The lowest BCUT2D eigenvalue weighted by atomic mass is 10.1. The van der Waals surface area contributed by atoms with E-state index in [1.54, 1.807) is 0 Å². The summed E-state index contributed by atoms with van der Waals surface area (Å²) in [7, 11) is 0. The third-order valence-electron chi connectivity index (χ3n) is 3.11. The van der Waals surface area contributed by atoms with E-state index in [-0.39, 0.29) is 0 Å². The van der Waals surface area contributed by atoms with Gasteiger partial charge in [-0.1, -0.05) is 0 Å². The zero-order valence-corrected chi connectivity index (χ0v) is 11.3. The van der Waals surface area contributed by atoms with Crippen LogP contribution < -0.4 is 0 Å². The van der Waals surface area contributed by atoms with Gasteiger partial charge in [-0.15, -0.1) is 26.8 Å². The summed E-state index contributed by atoms with van der Waals surface area (Å²) in [5.41, 5.74) is 0.875. The third-order valence-corrected chi connectivity index (χ3v) is 3.79. The van der Waals surface area contributed by atoms with Gasteiger partial charge in [-0.25, -0.2) is 9.97 Å². The Hall–Kier alpha value is -1.33. The summed E-state index contributed by atoms with van der Waals surface area (Å²) in [4.78, 5) is 9.23. The maximum atomic E-state index is 9.94. The lowest BCUT2D eigenvalue weighted by molar-refractivity contribution is -0.0650. The molecule has 4 unspecified atom stereocenters. The summed E-state index contributed by atoms with van der Waals surface area (Å²) in [6.07, 6.45) is -1.01. The predicted molar refractivity (Wildman–Crippen MR) is 67.9 cm³/mol. The van der Waals surface area contributed by atoms with E-state index in [0.717, 1.165) is 4.80 Å². The first-order chi connectivity index (χ1) is 9.65. The van der Waals surface area contributed by atoms with Gasteiger partial charge in [0.25, 0.3) is 0 Å². The first-order valence-electron chi connectivity index (χ1n) is 5.89. The second-order valence-corrected chi connectivity index (χ2v) is 5.10. The number of aliphatic hydroxyl groups is 3. The van der Waals surface area contributed by atoms with Crippen LogP contribution in [-0.2, 0) is 4.74 Å². The molecule has 3 N–H and O–H groups in total. The number of nitrogens with zero attached hydrogens (tertiary/aromatic N) is 5. The molecule has 2 aromatic rings. The molecule has 0 aromatic carbocycles. The Labute approximate surface area is 117 Å². The molecule has 20 heavy (non-hydrogen) atoms. The van der Waals surface area contributed by atoms with Crippen LogP contribution in [0.15, 0.2) is 11.4 Å². The van der Waals surface area contributed by atoms with Gasteiger partial charge in [0.15, 0.2) is 11.7 Å². The van der Waals surface area contributed by atoms with Gasteiger partial charge < -0.3 is 20.1 Å². The van der Waals surface area contributed by atoms with E-state index in [9.17, 15) is 10.2 Å². The van der Waals surface area contributed by atoms with Crippen LogP contribution in [0.3, 0.4) is 0 Å². The highest BCUT2D eigenvalue weighted by atomic mass is 32.2. The van der Waals surface area contributed by atoms with Gasteiger partial charge in [0.2, 0.25) is 5.65 Å². The number of hydrogen-bond acceptors (Lipinski definition) is 9. The van der Waals surface area contributed by atoms with E-state index in [1.165, 1.54) is 18.1 Å². The van der Waals surface area contributed by atoms with Crippen LogP contribution in [0.1, 0.15) is 6.23 Å². The van der Waals surface area contributed by atoms with E-state index in [2.05, 4.69) is 20.2 Å². The first kappa shape index (κ1) is 13.6. The van der Waals surface area contributed by atoms with Crippen molar-refractivity contribution in [3.05, 3.63) is 6.33 Å². The van der Waals surface area contributed by atoms with Crippen molar-refractivity contribution in [2.45, 2.75) is 29.6 Å². The Morgan fingerprint density at radius 1 is 1.30 bits per heavy atom. The summed E-state index contributed by atoms with van der Waals surface area (Å²) in [6, 6.07) is 0. The number of aliphatic hydroxyl groups excluding tert-OH is 3. The molecule has 0 amide bonds. The van der Waals surface area contributed by atoms with Gasteiger partial charge in [0.1, 0.15) is 29.7 Å². The van der Waals surface area contributed by atoms with Crippen LogP contribution in [0, 0.1) is 0 Å². The Balaban J connectivity index is 1.99. The summed E-state index contributed by atoms with van der Waals surface area (Å²) in [5, 5.41) is 37.7. The summed E-state index contributed by atoms with van der Waals surface area (Å²) >= 11 is 1.40. The second kappa shape index (κ2) is 5.22. The molecule has 0 radical (unpaired) electrons. The molecule has 1 saturated heterocycles. The minimum atomic E-state index is -1.22. The maximum absolute atomic E-state index is 9.94. The average molecular weight is 299 g/mol. The van der Waals surface area contributed by atoms with Crippen LogP contribution >= 0.6 is 11.8 Å². The molecule has 0 aliphatic carbocycles. The van der Waals surface area contributed by atoms with Crippen LogP contribution in [0.2, 0.25) is 0 Å².